The third-order valence-electron chi connectivity index (χ3n) is 6.88. The number of nitriles is 1. The lowest BCUT2D eigenvalue weighted by atomic mass is 10.1. The number of imidazole rings is 1. The van der Waals surface area contributed by atoms with E-state index in [1.807, 2.05) is 63.7 Å². The molecule has 0 radical (unpaired) electrons. The fourth-order valence-electron chi connectivity index (χ4n) is 5.19. The van der Waals surface area contributed by atoms with Crippen molar-refractivity contribution < 1.29 is 0 Å². The van der Waals surface area contributed by atoms with E-state index >= 15 is 0 Å². The molecule has 5 aromatic rings. The molecule has 180 valence electrons. The lowest BCUT2D eigenvalue weighted by Crippen LogP contribution is -2.44. The number of rotatable bonds is 5. The largest absolute Gasteiger partial charge is 0.355 e. The van der Waals surface area contributed by atoms with Gasteiger partial charge in [0.25, 0.3) is 5.56 Å². The molecule has 0 bridgehead atoms. The summed E-state index contributed by atoms with van der Waals surface area (Å²) in [6.45, 7) is 2.19. The quantitative estimate of drug-likeness (QED) is 0.416. The van der Waals surface area contributed by atoms with Gasteiger partial charge in [0.15, 0.2) is 0 Å². The molecule has 1 aromatic carbocycles. The summed E-state index contributed by atoms with van der Waals surface area (Å²) in [5, 5.41) is 10.2. The van der Waals surface area contributed by atoms with Crippen molar-refractivity contribution in [1.82, 2.24) is 23.5 Å². The van der Waals surface area contributed by atoms with Crippen LogP contribution in [0.5, 0.6) is 0 Å². The molecule has 36 heavy (non-hydrogen) atoms. The highest BCUT2D eigenvalue weighted by atomic mass is 16.1. The third-order valence-corrected chi connectivity index (χ3v) is 6.88. The molecule has 4 aromatic heterocycles. The zero-order chi connectivity index (χ0) is 24.6. The Balaban J connectivity index is 1.54. The lowest BCUT2D eigenvalue weighted by molar-refractivity contribution is 0.498. The Morgan fingerprint density at radius 3 is 2.72 bits per heavy atom. The van der Waals surface area contributed by atoms with Gasteiger partial charge in [-0.2, -0.15) is 5.26 Å². The normalized spacial score (nSPS) is 16.0. The first-order valence-corrected chi connectivity index (χ1v) is 12.1. The van der Waals surface area contributed by atoms with Gasteiger partial charge in [-0.25, -0.2) is 9.97 Å². The predicted octanol–water partition coefficient (Wildman–Crippen LogP) is 2.74. The first-order valence-electron chi connectivity index (χ1n) is 12.1. The summed E-state index contributed by atoms with van der Waals surface area (Å²) in [4.78, 5) is 25.2. The molecular weight excluding hydrogens is 452 g/mol. The summed E-state index contributed by atoms with van der Waals surface area (Å²) in [5.74, 6) is 0.726. The summed E-state index contributed by atoms with van der Waals surface area (Å²) in [6, 6.07) is 18.1. The summed E-state index contributed by atoms with van der Waals surface area (Å²) < 4.78 is 5.51. The van der Waals surface area contributed by atoms with Gasteiger partial charge < -0.3 is 19.6 Å². The minimum absolute atomic E-state index is 0.0215. The number of anilines is 1. The monoisotopic (exact) mass is 478 g/mol. The van der Waals surface area contributed by atoms with Crippen molar-refractivity contribution in [3.8, 4) is 6.07 Å². The van der Waals surface area contributed by atoms with Gasteiger partial charge in [0.05, 0.1) is 24.8 Å². The van der Waals surface area contributed by atoms with Gasteiger partial charge in [-0.05, 0) is 30.5 Å². The van der Waals surface area contributed by atoms with Crippen LogP contribution in [0, 0.1) is 11.3 Å². The third kappa shape index (κ3) is 3.72. The second kappa shape index (κ2) is 8.98. The molecule has 9 nitrogen and oxygen atoms in total. The van der Waals surface area contributed by atoms with E-state index in [4.69, 9.17) is 5.73 Å². The van der Waals surface area contributed by atoms with E-state index in [9.17, 15) is 10.1 Å². The second-order valence-electron chi connectivity index (χ2n) is 9.28. The Morgan fingerprint density at radius 1 is 1.08 bits per heavy atom. The van der Waals surface area contributed by atoms with Crippen molar-refractivity contribution in [3.05, 3.63) is 94.4 Å². The molecule has 5 heterocycles. The average molecular weight is 479 g/mol. The molecule has 9 heteroatoms. The van der Waals surface area contributed by atoms with E-state index < -0.39 is 0 Å². The Hall–Kier alpha value is -4.42. The highest BCUT2D eigenvalue weighted by Gasteiger charge is 2.28. The number of nitrogens with zero attached hydrogens (tertiary/aromatic N) is 7. The van der Waals surface area contributed by atoms with Gasteiger partial charge in [0.2, 0.25) is 0 Å². The number of aromatic nitrogens is 5. The zero-order valence-electron chi connectivity index (χ0n) is 19.8. The molecule has 0 aliphatic carbocycles. The average Bonchev–Trinajstić information content (AvgIpc) is 3.45. The first-order chi connectivity index (χ1) is 17.6. The van der Waals surface area contributed by atoms with Crippen LogP contribution in [0.3, 0.4) is 0 Å². The molecule has 1 saturated heterocycles. The summed E-state index contributed by atoms with van der Waals surface area (Å²) in [7, 11) is 0. The number of fused-ring (bicyclic) bond motifs is 2. The van der Waals surface area contributed by atoms with Crippen LogP contribution in [0.2, 0.25) is 0 Å². The number of benzene rings is 1. The molecule has 1 aliphatic rings. The van der Waals surface area contributed by atoms with Crippen LogP contribution in [-0.2, 0) is 13.1 Å². The molecule has 0 saturated carbocycles. The molecular formula is C27H26N8O. The van der Waals surface area contributed by atoms with Crippen molar-refractivity contribution in [3.63, 3.8) is 0 Å². The van der Waals surface area contributed by atoms with Crippen molar-refractivity contribution in [2.75, 3.05) is 18.0 Å². The minimum Gasteiger partial charge on any atom is -0.355 e. The first kappa shape index (κ1) is 22.1. The van der Waals surface area contributed by atoms with Crippen molar-refractivity contribution in [2.24, 2.45) is 5.73 Å². The van der Waals surface area contributed by atoms with Gasteiger partial charge >= 0.3 is 0 Å². The van der Waals surface area contributed by atoms with E-state index in [1.54, 1.807) is 10.8 Å². The fourth-order valence-corrected chi connectivity index (χ4v) is 5.19. The Kier molecular flexibility index (Phi) is 5.51. The Labute approximate surface area is 207 Å². The van der Waals surface area contributed by atoms with Crippen LogP contribution >= 0.6 is 0 Å². The maximum atomic E-state index is 14.0. The topological polar surface area (TPSA) is 110 Å². The highest BCUT2D eigenvalue weighted by molar-refractivity contribution is 5.89. The van der Waals surface area contributed by atoms with E-state index in [2.05, 4.69) is 20.9 Å². The van der Waals surface area contributed by atoms with Crippen LogP contribution in [0.4, 0.5) is 5.82 Å². The second-order valence-corrected chi connectivity index (χ2v) is 9.28. The molecule has 1 fully saturated rings. The maximum Gasteiger partial charge on any atom is 0.278 e. The Bertz CT molecular complexity index is 1660. The maximum absolute atomic E-state index is 14.0. The van der Waals surface area contributed by atoms with Crippen molar-refractivity contribution in [2.45, 2.75) is 32.0 Å². The van der Waals surface area contributed by atoms with E-state index in [-0.39, 0.29) is 11.6 Å². The number of nitrogens with two attached hydrogens (primary N) is 1. The van der Waals surface area contributed by atoms with Crippen LogP contribution in [-0.4, -0.2) is 42.6 Å². The van der Waals surface area contributed by atoms with Gasteiger partial charge in [0.1, 0.15) is 34.1 Å². The van der Waals surface area contributed by atoms with Gasteiger partial charge in [-0.1, -0.05) is 36.4 Å². The Morgan fingerprint density at radius 2 is 1.92 bits per heavy atom. The SMILES string of the molecule is N#Cc1c(N2CCC[C@H](N)C2)n(Cc2ccccc2)c2c(=O)n(Cc3cnc4ccccn34)cnc12. The lowest BCUT2D eigenvalue weighted by Gasteiger charge is -2.33. The molecule has 0 amide bonds. The smallest absolute Gasteiger partial charge is 0.278 e. The van der Waals surface area contributed by atoms with Gasteiger partial charge in [-0.3, -0.25) is 9.36 Å². The molecule has 1 aliphatic heterocycles. The molecule has 1 atom stereocenters. The zero-order valence-corrected chi connectivity index (χ0v) is 19.8. The standard InChI is InChI=1S/C27H26N8O/c28-13-22-24-25(27(36)33(18-31-24)17-21-14-30-23-10-4-5-12-34(21)23)35(15-19-7-2-1-3-8-19)26(22)32-11-6-9-20(29)16-32/h1-5,7-8,10,12,14,18,20H,6,9,11,15-17,29H2/t20-/m0/s1. The van der Waals surface area contributed by atoms with Gasteiger partial charge in [-0.15, -0.1) is 0 Å². The number of hydrogen-bond acceptors (Lipinski definition) is 6. The van der Waals surface area contributed by atoms with Crippen LogP contribution in [0.1, 0.15) is 29.7 Å². The minimum atomic E-state index is -0.189. The summed E-state index contributed by atoms with van der Waals surface area (Å²) >= 11 is 0. The molecule has 0 unspecified atom stereocenters. The van der Waals surface area contributed by atoms with Crippen LogP contribution in [0.25, 0.3) is 16.7 Å². The number of piperidine rings is 1. The van der Waals surface area contributed by atoms with E-state index in [1.165, 1.54) is 6.33 Å². The van der Waals surface area contributed by atoms with E-state index in [0.29, 0.717) is 36.2 Å². The summed E-state index contributed by atoms with van der Waals surface area (Å²) in [5.41, 5.74) is 10.1. The van der Waals surface area contributed by atoms with Crippen molar-refractivity contribution in [1.29, 1.82) is 5.26 Å². The van der Waals surface area contributed by atoms with Crippen molar-refractivity contribution >= 4 is 22.5 Å². The molecule has 6 rings (SSSR count). The fraction of sp³-hybridized carbons (Fsp3) is 0.259. The predicted molar refractivity (Wildman–Crippen MR) is 138 cm³/mol. The van der Waals surface area contributed by atoms with Crippen LogP contribution < -0.4 is 16.2 Å². The van der Waals surface area contributed by atoms with E-state index in [0.717, 1.165) is 42.1 Å². The molecule has 0 spiro atoms. The summed E-state index contributed by atoms with van der Waals surface area (Å²) in [6.07, 6.45) is 7.12. The van der Waals surface area contributed by atoms with Gasteiger partial charge in [0, 0.05) is 31.9 Å². The number of pyridine rings is 1. The highest BCUT2D eigenvalue weighted by Crippen LogP contribution is 2.32. The molecule has 2 N–H and O–H groups in total. The number of hydrogen-bond donors (Lipinski definition) is 1. The van der Waals surface area contributed by atoms with Crippen LogP contribution in [0.15, 0.2) is 72.0 Å².